The second-order valence-corrected chi connectivity index (χ2v) is 6.52. The van der Waals surface area contributed by atoms with Gasteiger partial charge in [0, 0.05) is 11.3 Å². The number of benzene rings is 3. The van der Waals surface area contributed by atoms with Gasteiger partial charge in [-0.1, -0.05) is 42.0 Å². The molecule has 3 aromatic rings. The van der Waals surface area contributed by atoms with Crippen molar-refractivity contribution in [2.45, 2.75) is 13.8 Å². The molecule has 0 fully saturated rings. The summed E-state index contributed by atoms with van der Waals surface area (Å²) in [6.07, 6.45) is 0. The normalized spacial score (nSPS) is 11.1. The van der Waals surface area contributed by atoms with Crippen LogP contribution in [0.15, 0.2) is 77.9 Å². The Hall–Kier alpha value is -3.80. The quantitative estimate of drug-likeness (QED) is 0.497. The average molecular weight is 389 g/mol. The Morgan fingerprint density at radius 1 is 0.862 bits per heavy atom. The van der Waals surface area contributed by atoms with E-state index in [0.29, 0.717) is 22.5 Å². The van der Waals surface area contributed by atoms with E-state index in [1.165, 1.54) is 18.2 Å². The fourth-order valence-electron chi connectivity index (χ4n) is 2.63. The van der Waals surface area contributed by atoms with E-state index in [4.69, 9.17) is 0 Å². The number of aryl methyl sites for hydroxylation is 1. The van der Waals surface area contributed by atoms with Crippen LogP contribution in [-0.4, -0.2) is 17.5 Å². The number of carbonyl (C=O) groups excluding carboxylic acids is 2. The Morgan fingerprint density at radius 3 is 2.31 bits per heavy atom. The zero-order chi connectivity index (χ0) is 20.8. The van der Waals surface area contributed by atoms with Gasteiger partial charge in [0.05, 0.1) is 11.3 Å². The molecule has 0 saturated carbocycles. The fourth-order valence-corrected chi connectivity index (χ4v) is 2.63. The number of rotatable bonds is 5. The van der Waals surface area contributed by atoms with Gasteiger partial charge in [0.15, 0.2) is 0 Å². The van der Waals surface area contributed by atoms with Crippen molar-refractivity contribution in [3.05, 3.63) is 101 Å². The Morgan fingerprint density at radius 2 is 1.59 bits per heavy atom. The summed E-state index contributed by atoms with van der Waals surface area (Å²) in [4.78, 5) is 24.5. The van der Waals surface area contributed by atoms with E-state index in [1.807, 2.05) is 19.1 Å². The van der Waals surface area contributed by atoms with Gasteiger partial charge in [0.1, 0.15) is 5.82 Å². The molecule has 0 atom stereocenters. The molecule has 3 aromatic carbocycles. The van der Waals surface area contributed by atoms with E-state index in [2.05, 4.69) is 15.8 Å². The summed E-state index contributed by atoms with van der Waals surface area (Å²) in [5.41, 5.74) is 5.73. The predicted molar refractivity (Wildman–Crippen MR) is 112 cm³/mol. The largest absolute Gasteiger partial charge is 0.322 e. The molecule has 29 heavy (non-hydrogen) atoms. The molecule has 0 spiro atoms. The molecule has 5 nitrogen and oxygen atoms in total. The molecular formula is C23H20FN3O2. The van der Waals surface area contributed by atoms with Crippen LogP contribution in [0.3, 0.4) is 0 Å². The average Bonchev–Trinajstić information content (AvgIpc) is 2.72. The highest BCUT2D eigenvalue weighted by Gasteiger charge is 2.10. The van der Waals surface area contributed by atoms with Gasteiger partial charge in [0.2, 0.25) is 0 Å². The van der Waals surface area contributed by atoms with Crippen LogP contribution in [-0.2, 0) is 0 Å². The zero-order valence-electron chi connectivity index (χ0n) is 16.1. The van der Waals surface area contributed by atoms with Gasteiger partial charge >= 0.3 is 0 Å². The van der Waals surface area contributed by atoms with Gasteiger partial charge in [-0.25, -0.2) is 9.82 Å². The van der Waals surface area contributed by atoms with E-state index in [9.17, 15) is 14.0 Å². The minimum Gasteiger partial charge on any atom is -0.322 e. The van der Waals surface area contributed by atoms with Gasteiger partial charge in [0.25, 0.3) is 11.8 Å². The predicted octanol–water partition coefficient (Wildman–Crippen LogP) is 4.54. The number of hydrogen-bond donors (Lipinski definition) is 2. The number of hydrogen-bond acceptors (Lipinski definition) is 3. The maximum absolute atomic E-state index is 13.7. The lowest BCUT2D eigenvalue weighted by atomic mass is 10.1. The number of amides is 2. The summed E-state index contributed by atoms with van der Waals surface area (Å²) in [7, 11) is 0. The smallest absolute Gasteiger partial charge is 0.274 e. The molecule has 0 aliphatic carbocycles. The third kappa shape index (κ3) is 5.13. The molecule has 0 heterocycles. The fraction of sp³-hybridized carbons (Fsp3) is 0.0870. The SMILES string of the molecule is C/C(=N/NC(=O)c1ccccc1F)c1cccc(NC(=O)c2ccc(C)cc2)c1. The summed E-state index contributed by atoms with van der Waals surface area (Å²) in [5.74, 6) is -1.46. The van der Waals surface area contributed by atoms with E-state index in [0.717, 1.165) is 5.56 Å². The molecule has 0 unspecified atom stereocenters. The lowest BCUT2D eigenvalue weighted by Gasteiger charge is -2.08. The molecule has 0 bridgehead atoms. The summed E-state index contributed by atoms with van der Waals surface area (Å²) in [6, 6.07) is 20.1. The molecule has 0 radical (unpaired) electrons. The van der Waals surface area contributed by atoms with Crippen molar-refractivity contribution >= 4 is 23.2 Å². The topological polar surface area (TPSA) is 70.6 Å². The number of nitrogens with zero attached hydrogens (tertiary/aromatic N) is 1. The van der Waals surface area contributed by atoms with Crippen molar-refractivity contribution in [1.29, 1.82) is 0 Å². The maximum atomic E-state index is 13.7. The van der Waals surface area contributed by atoms with Crippen LogP contribution in [0.5, 0.6) is 0 Å². The third-order valence-corrected chi connectivity index (χ3v) is 4.30. The summed E-state index contributed by atoms with van der Waals surface area (Å²) >= 11 is 0. The summed E-state index contributed by atoms with van der Waals surface area (Å²) in [6.45, 7) is 3.67. The number of nitrogens with one attached hydrogen (secondary N) is 2. The molecule has 0 aliphatic rings. The second-order valence-electron chi connectivity index (χ2n) is 6.52. The van der Waals surface area contributed by atoms with Crippen molar-refractivity contribution in [2.75, 3.05) is 5.32 Å². The molecule has 3 rings (SSSR count). The van der Waals surface area contributed by atoms with Crippen molar-refractivity contribution < 1.29 is 14.0 Å². The number of carbonyl (C=O) groups is 2. The first-order valence-electron chi connectivity index (χ1n) is 9.01. The first-order valence-corrected chi connectivity index (χ1v) is 9.01. The monoisotopic (exact) mass is 389 g/mol. The Kier molecular flexibility index (Phi) is 6.14. The van der Waals surface area contributed by atoms with Crippen LogP contribution >= 0.6 is 0 Å². The number of halogens is 1. The highest BCUT2D eigenvalue weighted by Crippen LogP contribution is 2.14. The highest BCUT2D eigenvalue weighted by atomic mass is 19.1. The minimum absolute atomic E-state index is 0.0804. The zero-order valence-corrected chi connectivity index (χ0v) is 16.1. The molecule has 146 valence electrons. The van der Waals surface area contributed by atoms with Crippen LogP contribution in [0.1, 0.15) is 38.8 Å². The van der Waals surface area contributed by atoms with E-state index >= 15 is 0 Å². The van der Waals surface area contributed by atoms with Gasteiger partial charge in [-0.2, -0.15) is 5.10 Å². The Labute approximate surface area is 168 Å². The van der Waals surface area contributed by atoms with Crippen molar-refractivity contribution in [2.24, 2.45) is 5.10 Å². The molecule has 2 N–H and O–H groups in total. The maximum Gasteiger partial charge on any atom is 0.274 e. The summed E-state index contributed by atoms with van der Waals surface area (Å²) < 4.78 is 13.7. The number of anilines is 1. The van der Waals surface area contributed by atoms with Crippen LogP contribution in [0.4, 0.5) is 10.1 Å². The van der Waals surface area contributed by atoms with E-state index in [1.54, 1.807) is 49.4 Å². The standard InChI is InChI=1S/C23H20FN3O2/c1-15-10-12-17(13-11-15)22(28)25-19-7-5-6-18(14-19)16(2)26-27-23(29)20-8-3-4-9-21(20)24/h3-14H,1-2H3,(H,25,28)(H,27,29)/b26-16-. The van der Waals surface area contributed by atoms with Gasteiger partial charge in [-0.05, 0) is 55.8 Å². The second kappa shape index (κ2) is 8.93. The molecule has 6 heteroatoms. The first-order chi connectivity index (χ1) is 13.9. The van der Waals surface area contributed by atoms with Gasteiger partial charge < -0.3 is 5.32 Å². The van der Waals surface area contributed by atoms with Crippen molar-refractivity contribution in [3.63, 3.8) is 0 Å². The van der Waals surface area contributed by atoms with Crippen LogP contribution in [0.25, 0.3) is 0 Å². The Balaban J connectivity index is 1.70. The third-order valence-electron chi connectivity index (χ3n) is 4.30. The van der Waals surface area contributed by atoms with Crippen LogP contribution in [0.2, 0.25) is 0 Å². The van der Waals surface area contributed by atoms with Gasteiger partial charge in [-0.3, -0.25) is 9.59 Å². The van der Waals surface area contributed by atoms with Crippen molar-refractivity contribution in [3.8, 4) is 0 Å². The number of hydrazone groups is 1. The van der Waals surface area contributed by atoms with Gasteiger partial charge in [-0.15, -0.1) is 0 Å². The molecule has 0 aliphatic heterocycles. The highest BCUT2D eigenvalue weighted by molar-refractivity contribution is 6.06. The van der Waals surface area contributed by atoms with Crippen molar-refractivity contribution in [1.82, 2.24) is 5.43 Å². The molecule has 0 aromatic heterocycles. The molecular weight excluding hydrogens is 369 g/mol. The van der Waals surface area contributed by atoms with Crippen LogP contribution < -0.4 is 10.7 Å². The lowest BCUT2D eigenvalue weighted by molar-refractivity contribution is 0.0950. The van der Waals surface area contributed by atoms with Crippen LogP contribution in [0, 0.1) is 12.7 Å². The minimum atomic E-state index is -0.633. The molecule has 0 saturated heterocycles. The Bertz CT molecular complexity index is 1080. The van der Waals surface area contributed by atoms with E-state index in [-0.39, 0.29) is 11.5 Å². The molecule has 2 amide bonds. The summed E-state index contributed by atoms with van der Waals surface area (Å²) in [5, 5.41) is 6.88. The van der Waals surface area contributed by atoms with E-state index < -0.39 is 11.7 Å². The lowest BCUT2D eigenvalue weighted by Crippen LogP contribution is -2.20. The first kappa shape index (κ1) is 19.9.